The van der Waals surface area contributed by atoms with E-state index in [1.165, 1.54) is 24.8 Å². The third kappa shape index (κ3) is 2.68. The van der Waals surface area contributed by atoms with Crippen molar-refractivity contribution in [3.05, 3.63) is 35.4 Å². The zero-order valence-electron chi connectivity index (χ0n) is 10.6. The molecule has 1 saturated carbocycles. The number of hydrogen-bond acceptors (Lipinski definition) is 1. The minimum atomic E-state index is -0.344. The predicted octanol–water partition coefficient (Wildman–Crippen LogP) is 3.33. The van der Waals surface area contributed by atoms with Gasteiger partial charge in [-0.05, 0) is 54.7 Å². The number of carbonyl (C=O) groups excluding carboxylic acids is 1. The molecule has 1 amide bonds. The number of primary amides is 1. The second-order valence-corrected chi connectivity index (χ2v) is 5.50. The highest BCUT2D eigenvalue weighted by atomic mass is 16.1. The van der Waals surface area contributed by atoms with Crippen molar-refractivity contribution < 1.29 is 4.79 Å². The molecule has 0 bridgehead atoms. The number of carbonyl (C=O) groups is 1. The van der Waals surface area contributed by atoms with Crippen LogP contribution in [0.2, 0.25) is 0 Å². The first kappa shape index (κ1) is 12.2. The van der Waals surface area contributed by atoms with Crippen molar-refractivity contribution in [1.82, 2.24) is 0 Å². The molecule has 2 unspecified atom stereocenters. The number of amides is 1. The van der Waals surface area contributed by atoms with Crippen molar-refractivity contribution in [3.63, 3.8) is 0 Å². The summed E-state index contributed by atoms with van der Waals surface area (Å²) in [4.78, 5) is 11.0. The maximum atomic E-state index is 11.0. The summed E-state index contributed by atoms with van der Waals surface area (Å²) < 4.78 is 0. The summed E-state index contributed by atoms with van der Waals surface area (Å²) in [7, 11) is 0. The van der Waals surface area contributed by atoms with Gasteiger partial charge in [0.05, 0.1) is 0 Å². The number of nitrogens with two attached hydrogens (primary N) is 1. The molecule has 1 aromatic rings. The van der Waals surface area contributed by atoms with Crippen LogP contribution in [0, 0.1) is 11.8 Å². The Bertz CT molecular complexity index is 394. The molecule has 0 radical (unpaired) electrons. The monoisotopic (exact) mass is 231 g/mol. The van der Waals surface area contributed by atoms with Crippen molar-refractivity contribution in [3.8, 4) is 0 Å². The van der Waals surface area contributed by atoms with E-state index in [0.29, 0.717) is 11.5 Å². The summed E-state index contributed by atoms with van der Waals surface area (Å²) in [6.07, 6.45) is 3.90. The van der Waals surface area contributed by atoms with Crippen LogP contribution in [-0.2, 0) is 0 Å². The van der Waals surface area contributed by atoms with Gasteiger partial charge in [-0.15, -0.1) is 0 Å². The SMILES string of the molecule is CC(C)C1CCC(c2ccc(C(N)=O)cc2)C1. The highest BCUT2D eigenvalue weighted by Crippen LogP contribution is 2.41. The van der Waals surface area contributed by atoms with Crippen LogP contribution in [-0.4, -0.2) is 5.91 Å². The largest absolute Gasteiger partial charge is 0.366 e. The Morgan fingerprint density at radius 2 is 1.88 bits per heavy atom. The number of rotatable bonds is 3. The van der Waals surface area contributed by atoms with E-state index < -0.39 is 0 Å². The lowest BCUT2D eigenvalue weighted by atomic mass is 9.91. The lowest BCUT2D eigenvalue weighted by Crippen LogP contribution is -2.10. The molecule has 92 valence electrons. The van der Waals surface area contributed by atoms with Gasteiger partial charge in [-0.25, -0.2) is 0 Å². The summed E-state index contributed by atoms with van der Waals surface area (Å²) in [5.41, 5.74) is 7.20. The molecular weight excluding hydrogens is 210 g/mol. The zero-order chi connectivity index (χ0) is 12.4. The number of hydrogen-bond donors (Lipinski definition) is 1. The lowest BCUT2D eigenvalue weighted by Gasteiger charge is -2.15. The fraction of sp³-hybridized carbons (Fsp3) is 0.533. The van der Waals surface area contributed by atoms with E-state index in [2.05, 4.69) is 26.0 Å². The molecule has 2 atom stereocenters. The molecule has 1 aliphatic carbocycles. The first-order chi connectivity index (χ1) is 8.08. The molecule has 1 fully saturated rings. The van der Waals surface area contributed by atoms with Crippen molar-refractivity contribution in [2.75, 3.05) is 0 Å². The maximum Gasteiger partial charge on any atom is 0.248 e. The van der Waals surface area contributed by atoms with Gasteiger partial charge in [0.25, 0.3) is 0 Å². The normalized spacial score (nSPS) is 24.2. The molecule has 1 aliphatic rings. The Labute approximate surface area is 103 Å². The lowest BCUT2D eigenvalue weighted by molar-refractivity contribution is 0.100. The van der Waals surface area contributed by atoms with Crippen LogP contribution in [0.3, 0.4) is 0 Å². The third-order valence-corrected chi connectivity index (χ3v) is 4.08. The Morgan fingerprint density at radius 3 is 2.35 bits per heavy atom. The van der Waals surface area contributed by atoms with Crippen LogP contribution in [0.5, 0.6) is 0 Å². The Morgan fingerprint density at radius 1 is 1.24 bits per heavy atom. The minimum absolute atomic E-state index is 0.344. The molecule has 2 N–H and O–H groups in total. The molecule has 2 nitrogen and oxygen atoms in total. The molecule has 0 saturated heterocycles. The van der Waals surface area contributed by atoms with Gasteiger partial charge < -0.3 is 5.73 Å². The fourth-order valence-corrected chi connectivity index (χ4v) is 2.84. The average molecular weight is 231 g/mol. The predicted molar refractivity (Wildman–Crippen MR) is 69.9 cm³/mol. The zero-order valence-corrected chi connectivity index (χ0v) is 10.6. The van der Waals surface area contributed by atoms with Gasteiger partial charge in [-0.3, -0.25) is 4.79 Å². The minimum Gasteiger partial charge on any atom is -0.366 e. The molecule has 2 heteroatoms. The molecule has 0 aromatic heterocycles. The molecular formula is C15H21NO. The van der Waals surface area contributed by atoms with E-state index in [-0.39, 0.29) is 5.91 Å². The van der Waals surface area contributed by atoms with Crippen molar-refractivity contribution in [1.29, 1.82) is 0 Å². The third-order valence-electron chi connectivity index (χ3n) is 4.08. The molecule has 1 aromatic carbocycles. The highest BCUT2D eigenvalue weighted by Gasteiger charge is 2.27. The van der Waals surface area contributed by atoms with Gasteiger partial charge in [0.1, 0.15) is 0 Å². The topological polar surface area (TPSA) is 43.1 Å². The summed E-state index contributed by atoms with van der Waals surface area (Å²) in [5.74, 6) is 1.97. The van der Waals surface area contributed by atoms with Gasteiger partial charge in [0.15, 0.2) is 0 Å². The van der Waals surface area contributed by atoms with Gasteiger partial charge in [0.2, 0.25) is 5.91 Å². The van der Waals surface area contributed by atoms with Gasteiger partial charge in [-0.2, -0.15) is 0 Å². The van der Waals surface area contributed by atoms with E-state index in [1.807, 2.05) is 12.1 Å². The number of benzene rings is 1. The van der Waals surface area contributed by atoms with E-state index in [1.54, 1.807) is 0 Å². The van der Waals surface area contributed by atoms with Gasteiger partial charge in [-0.1, -0.05) is 26.0 Å². The smallest absolute Gasteiger partial charge is 0.248 e. The van der Waals surface area contributed by atoms with Crippen molar-refractivity contribution in [2.45, 2.75) is 39.0 Å². The quantitative estimate of drug-likeness (QED) is 0.852. The average Bonchev–Trinajstić information content (AvgIpc) is 2.78. The van der Waals surface area contributed by atoms with Gasteiger partial charge in [0, 0.05) is 5.56 Å². The Kier molecular flexibility index (Phi) is 3.51. The van der Waals surface area contributed by atoms with Crippen LogP contribution in [0.4, 0.5) is 0 Å². The van der Waals surface area contributed by atoms with E-state index in [4.69, 9.17) is 5.73 Å². The fourth-order valence-electron chi connectivity index (χ4n) is 2.84. The van der Waals surface area contributed by atoms with Crippen LogP contribution >= 0.6 is 0 Å². The molecule has 0 heterocycles. The first-order valence-corrected chi connectivity index (χ1v) is 6.47. The molecule has 0 spiro atoms. The Hall–Kier alpha value is -1.31. The van der Waals surface area contributed by atoms with Gasteiger partial charge >= 0.3 is 0 Å². The second kappa shape index (κ2) is 4.91. The highest BCUT2D eigenvalue weighted by molar-refractivity contribution is 5.92. The van der Waals surface area contributed by atoms with Crippen LogP contribution in [0.15, 0.2) is 24.3 Å². The van der Waals surface area contributed by atoms with E-state index >= 15 is 0 Å². The van der Waals surface area contributed by atoms with Crippen molar-refractivity contribution in [2.24, 2.45) is 17.6 Å². The summed E-state index contributed by atoms with van der Waals surface area (Å²) in [5, 5.41) is 0. The van der Waals surface area contributed by atoms with E-state index in [0.717, 1.165) is 11.8 Å². The molecule has 0 aliphatic heterocycles. The molecule has 2 rings (SSSR count). The standard InChI is InChI=1S/C15H21NO/c1-10(2)13-7-8-14(9-13)11-3-5-12(6-4-11)15(16)17/h3-6,10,13-14H,7-9H2,1-2H3,(H2,16,17). The van der Waals surface area contributed by atoms with Crippen molar-refractivity contribution >= 4 is 5.91 Å². The van der Waals surface area contributed by atoms with Crippen LogP contribution in [0.1, 0.15) is 54.9 Å². The maximum absolute atomic E-state index is 11.0. The molecule has 17 heavy (non-hydrogen) atoms. The Balaban J connectivity index is 2.06. The first-order valence-electron chi connectivity index (χ1n) is 6.47. The van der Waals surface area contributed by atoms with E-state index in [9.17, 15) is 4.79 Å². The summed E-state index contributed by atoms with van der Waals surface area (Å²) in [6, 6.07) is 7.82. The summed E-state index contributed by atoms with van der Waals surface area (Å²) >= 11 is 0. The second-order valence-electron chi connectivity index (χ2n) is 5.50. The summed E-state index contributed by atoms with van der Waals surface area (Å²) in [6.45, 7) is 4.62. The van der Waals surface area contributed by atoms with Crippen LogP contribution in [0.25, 0.3) is 0 Å². The van der Waals surface area contributed by atoms with Crippen LogP contribution < -0.4 is 5.73 Å².